The number of amides is 2. The molecule has 2 aromatic carbocycles. The number of nitrogens with one attached hydrogen (secondary N) is 2. The van der Waals surface area contributed by atoms with Crippen LogP contribution in [0.1, 0.15) is 92.9 Å². The molecule has 2 aromatic heterocycles. The predicted octanol–water partition coefficient (Wildman–Crippen LogP) is 6.76. The maximum absolute atomic E-state index is 13.4. The van der Waals surface area contributed by atoms with E-state index in [1.165, 1.54) is 0 Å². The van der Waals surface area contributed by atoms with E-state index in [9.17, 15) is 29.4 Å². The van der Waals surface area contributed by atoms with Crippen LogP contribution in [0.3, 0.4) is 0 Å². The van der Waals surface area contributed by atoms with Crippen molar-refractivity contribution >= 4 is 35.1 Å². The van der Waals surface area contributed by atoms with E-state index in [1.54, 1.807) is 24.5 Å². The Morgan fingerprint density at radius 2 is 1.06 bits per heavy atom. The molecule has 0 saturated carbocycles. The molecule has 0 aliphatic carbocycles. The molecule has 0 radical (unpaired) electrons. The third kappa shape index (κ3) is 8.50. The summed E-state index contributed by atoms with van der Waals surface area (Å²) in [5.41, 5.74) is 8.82. The summed E-state index contributed by atoms with van der Waals surface area (Å²) in [5.74, 6) is -2.32. The summed E-state index contributed by atoms with van der Waals surface area (Å²) in [5, 5.41) is 25.4. The first kappa shape index (κ1) is 38.3. The Balaban J connectivity index is 1.14. The standard InChI is InChI=1S/C42H48N6O6/c1-25-19-35(43-21-29(25)23-47-17-7-5-15-37(47)41(51)52)39(49)45-33-13-9-11-31(27(33)3)32-12-10-14-34(28(32)4)46-40(50)36-20-26(2)30(22-44-36)24-48-18-8-6-16-38(48)42(53)54/h9-14,19-22,37-38H,5-8,15-18,23-24H2,1-4H3,(H,45,49)(H,46,50)(H,51,52)(H,53,54). The van der Waals surface area contributed by atoms with Crippen LogP contribution < -0.4 is 10.6 Å². The monoisotopic (exact) mass is 732 g/mol. The highest BCUT2D eigenvalue weighted by Crippen LogP contribution is 2.34. The SMILES string of the molecule is Cc1cc(C(=O)Nc2cccc(-c3cccc(NC(=O)c4cc(C)c(CN5CCCCC5C(=O)O)cn4)c3C)c2C)ncc1CN1CCCCC1C(=O)O. The first-order valence-electron chi connectivity index (χ1n) is 18.6. The van der Waals surface area contributed by atoms with Crippen molar-refractivity contribution < 1.29 is 29.4 Å². The number of aliphatic carboxylic acids is 2. The smallest absolute Gasteiger partial charge is 0.320 e. The van der Waals surface area contributed by atoms with E-state index in [0.29, 0.717) is 50.4 Å². The molecular weight excluding hydrogens is 684 g/mol. The van der Waals surface area contributed by atoms with Gasteiger partial charge < -0.3 is 20.8 Å². The third-order valence-corrected chi connectivity index (χ3v) is 10.9. The molecule has 2 saturated heterocycles. The number of rotatable bonds is 11. The Labute approximate surface area is 315 Å². The number of aryl methyl sites for hydroxylation is 2. The molecule has 282 valence electrons. The molecule has 4 heterocycles. The van der Waals surface area contributed by atoms with Gasteiger partial charge in [0.2, 0.25) is 0 Å². The number of nitrogens with zero attached hydrogens (tertiary/aromatic N) is 4. The number of piperidine rings is 2. The molecule has 2 aliphatic rings. The van der Waals surface area contributed by atoms with Gasteiger partial charge in [-0.05, 0) is 135 Å². The van der Waals surface area contributed by atoms with Gasteiger partial charge in [0, 0.05) is 36.9 Å². The number of anilines is 2. The number of pyridine rings is 2. The molecule has 0 spiro atoms. The average Bonchev–Trinajstić information content (AvgIpc) is 3.15. The van der Waals surface area contributed by atoms with Crippen LogP contribution in [-0.4, -0.2) is 78.9 Å². The highest BCUT2D eigenvalue weighted by molar-refractivity contribution is 6.05. The summed E-state index contributed by atoms with van der Waals surface area (Å²) in [6.07, 6.45) is 8.31. The van der Waals surface area contributed by atoms with Crippen molar-refractivity contribution in [2.45, 2.75) is 91.4 Å². The Morgan fingerprint density at radius 1 is 0.648 bits per heavy atom. The molecule has 2 amide bonds. The lowest BCUT2D eigenvalue weighted by Gasteiger charge is -2.33. The fourth-order valence-electron chi connectivity index (χ4n) is 7.60. The number of carbonyl (C=O) groups excluding carboxylic acids is 2. The number of carbonyl (C=O) groups is 4. The minimum absolute atomic E-state index is 0.267. The maximum atomic E-state index is 13.4. The van der Waals surface area contributed by atoms with Gasteiger partial charge in [0.25, 0.3) is 11.8 Å². The largest absolute Gasteiger partial charge is 0.480 e. The van der Waals surface area contributed by atoms with Gasteiger partial charge in [-0.2, -0.15) is 0 Å². The van der Waals surface area contributed by atoms with Crippen LogP contribution >= 0.6 is 0 Å². The lowest BCUT2D eigenvalue weighted by atomic mass is 9.94. The zero-order valence-corrected chi connectivity index (χ0v) is 31.3. The minimum Gasteiger partial charge on any atom is -0.480 e. The van der Waals surface area contributed by atoms with Crippen molar-refractivity contribution in [2.24, 2.45) is 0 Å². The number of carboxylic acid groups (broad SMARTS) is 2. The van der Waals surface area contributed by atoms with Crippen molar-refractivity contribution in [1.29, 1.82) is 0 Å². The van der Waals surface area contributed by atoms with Gasteiger partial charge in [-0.15, -0.1) is 0 Å². The number of carboxylic acids is 2. The molecule has 0 bridgehead atoms. The van der Waals surface area contributed by atoms with E-state index in [4.69, 9.17) is 0 Å². The number of hydrogen-bond acceptors (Lipinski definition) is 8. The minimum atomic E-state index is -0.807. The van der Waals surface area contributed by atoms with Crippen molar-refractivity contribution in [2.75, 3.05) is 23.7 Å². The van der Waals surface area contributed by atoms with Crippen LogP contribution in [-0.2, 0) is 22.7 Å². The summed E-state index contributed by atoms with van der Waals surface area (Å²) in [6, 6.07) is 13.8. The van der Waals surface area contributed by atoms with Crippen molar-refractivity contribution in [3.8, 4) is 11.1 Å². The highest BCUT2D eigenvalue weighted by Gasteiger charge is 2.30. The first-order valence-corrected chi connectivity index (χ1v) is 18.6. The van der Waals surface area contributed by atoms with Gasteiger partial charge in [0.15, 0.2) is 0 Å². The number of benzene rings is 2. The molecule has 2 atom stereocenters. The Hall–Kier alpha value is -5.46. The van der Waals surface area contributed by atoms with Gasteiger partial charge in [-0.25, -0.2) is 0 Å². The molecule has 12 heteroatoms. The van der Waals surface area contributed by atoms with Crippen molar-refractivity contribution in [1.82, 2.24) is 19.8 Å². The molecule has 6 rings (SSSR count). The van der Waals surface area contributed by atoms with E-state index in [1.807, 2.05) is 73.9 Å². The average molecular weight is 733 g/mol. The van der Waals surface area contributed by atoms with Crippen LogP contribution in [0.2, 0.25) is 0 Å². The van der Waals surface area contributed by atoms with E-state index >= 15 is 0 Å². The second-order valence-electron chi connectivity index (χ2n) is 14.5. The highest BCUT2D eigenvalue weighted by atomic mass is 16.4. The zero-order chi connectivity index (χ0) is 38.5. The fraction of sp³-hybridized carbons (Fsp3) is 0.381. The van der Waals surface area contributed by atoms with E-state index in [2.05, 4.69) is 20.6 Å². The summed E-state index contributed by atoms with van der Waals surface area (Å²) < 4.78 is 0. The second kappa shape index (κ2) is 16.7. The van der Waals surface area contributed by atoms with Gasteiger partial charge >= 0.3 is 11.9 Å². The summed E-state index contributed by atoms with van der Waals surface area (Å²) >= 11 is 0. The van der Waals surface area contributed by atoms with Crippen LogP contribution in [0.4, 0.5) is 11.4 Å². The van der Waals surface area contributed by atoms with Crippen LogP contribution in [0.5, 0.6) is 0 Å². The first-order chi connectivity index (χ1) is 25.9. The molecule has 4 aromatic rings. The van der Waals surface area contributed by atoms with E-state index in [0.717, 1.165) is 70.2 Å². The number of aromatic nitrogens is 2. The Kier molecular flexibility index (Phi) is 11.8. The molecule has 54 heavy (non-hydrogen) atoms. The normalized spacial score (nSPS) is 17.9. The lowest BCUT2D eigenvalue weighted by molar-refractivity contribution is -0.145. The van der Waals surface area contributed by atoms with Crippen LogP contribution in [0.15, 0.2) is 60.9 Å². The second-order valence-corrected chi connectivity index (χ2v) is 14.5. The third-order valence-electron chi connectivity index (χ3n) is 10.9. The Morgan fingerprint density at radius 3 is 1.43 bits per heavy atom. The van der Waals surface area contributed by atoms with Gasteiger partial charge in [0.1, 0.15) is 23.5 Å². The van der Waals surface area contributed by atoms with Gasteiger partial charge in [0.05, 0.1) is 0 Å². The Bertz CT molecular complexity index is 1940. The summed E-state index contributed by atoms with van der Waals surface area (Å²) in [7, 11) is 0. The van der Waals surface area contributed by atoms with Gasteiger partial charge in [-0.3, -0.25) is 38.9 Å². The topological polar surface area (TPSA) is 165 Å². The van der Waals surface area contributed by atoms with Crippen molar-refractivity contribution in [3.63, 3.8) is 0 Å². The van der Waals surface area contributed by atoms with Crippen LogP contribution in [0.25, 0.3) is 11.1 Å². The number of likely N-dealkylation sites (tertiary alicyclic amines) is 2. The summed E-state index contributed by atoms with van der Waals surface area (Å²) in [6.45, 7) is 10.1. The predicted molar refractivity (Wildman–Crippen MR) is 207 cm³/mol. The molecule has 12 nitrogen and oxygen atoms in total. The van der Waals surface area contributed by atoms with E-state index in [-0.39, 0.29) is 23.2 Å². The molecule has 2 aliphatic heterocycles. The maximum Gasteiger partial charge on any atom is 0.320 e. The summed E-state index contributed by atoms with van der Waals surface area (Å²) in [4.78, 5) is 63.3. The molecule has 2 unspecified atom stereocenters. The van der Waals surface area contributed by atoms with E-state index < -0.39 is 24.0 Å². The fourth-order valence-corrected chi connectivity index (χ4v) is 7.60. The zero-order valence-electron chi connectivity index (χ0n) is 31.3. The molecule has 4 N–H and O–H groups in total. The van der Waals surface area contributed by atoms with Crippen molar-refractivity contribution in [3.05, 3.63) is 106 Å². The lowest BCUT2D eigenvalue weighted by Crippen LogP contribution is -2.44. The quantitative estimate of drug-likeness (QED) is 0.130. The molecule has 2 fully saturated rings. The molecular formula is C42H48N6O6. The number of hydrogen-bond donors (Lipinski definition) is 4. The van der Waals surface area contributed by atoms with Gasteiger partial charge in [-0.1, -0.05) is 37.1 Å². The van der Waals surface area contributed by atoms with Crippen LogP contribution in [0, 0.1) is 27.7 Å².